The molecule has 2 N–H and O–H groups in total. The molecule has 0 aliphatic carbocycles. The van der Waals surface area contributed by atoms with Gasteiger partial charge in [0.05, 0.1) is 22.8 Å². The standard InChI is InChI=1S/C9H10Cl2N2O2/c1-12-9(14)13-7-3-6(11)8(15-2)4-5(7)10/h3-4H,1-2H3,(H2,12,13,14). The number of ether oxygens (including phenoxy) is 1. The van der Waals surface area contributed by atoms with Gasteiger partial charge >= 0.3 is 6.03 Å². The Morgan fingerprint density at radius 2 is 2.00 bits per heavy atom. The van der Waals surface area contributed by atoms with E-state index in [4.69, 9.17) is 27.9 Å². The van der Waals surface area contributed by atoms with E-state index >= 15 is 0 Å². The Balaban J connectivity index is 3.00. The van der Waals surface area contributed by atoms with Crippen molar-refractivity contribution in [1.29, 1.82) is 0 Å². The molecule has 1 aromatic carbocycles. The molecule has 0 unspecified atom stereocenters. The summed E-state index contributed by atoms with van der Waals surface area (Å²) in [6.45, 7) is 0. The minimum atomic E-state index is -0.363. The van der Waals surface area contributed by atoms with E-state index in [1.165, 1.54) is 26.3 Å². The molecule has 1 aromatic rings. The zero-order valence-corrected chi connectivity index (χ0v) is 9.74. The van der Waals surface area contributed by atoms with Crippen LogP contribution in [0.25, 0.3) is 0 Å². The molecule has 0 bridgehead atoms. The Morgan fingerprint density at radius 1 is 1.33 bits per heavy atom. The number of hydrogen-bond acceptors (Lipinski definition) is 2. The van der Waals surface area contributed by atoms with Crippen LogP contribution in [0.15, 0.2) is 12.1 Å². The third-order valence-electron chi connectivity index (χ3n) is 1.72. The van der Waals surface area contributed by atoms with Crippen molar-refractivity contribution in [3.63, 3.8) is 0 Å². The maximum Gasteiger partial charge on any atom is 0.319 e. The predicted molar refractivity (Wildman–Crippen MR) is 61.1 cm³/mol. The molecule has 4 nitrogen and oxygen atoms in total. The third-order valence-corrected chi connectivity index (χ3v) is 2.32. The highest BCUT2D eigenvalue weighted by molar-refractivity contribution is 6.36. The van der Waals surface area contributed by atoms with Gasteiger partial charge in [-0.2, -0.15) is 0 Å². The lowest BCUT2D eigenvalue weighted by Gasteiger charge is -2.09. The van der Waals surface area contributed by atoms with Crippen molar-refractivity contribution >= 4 is 34.9 Å². The van der Waals surface area contributed by atoms with E-state index in [0.29, 0.717) is 21.5 Å². The zero-order chi connectivity index (χ0) is 11.4. The first-order valence-corrected chi connectivity index (χ1v) is 4.86. The lowest BCUT2D eigenvalue weighted by Crippen LogP contribution is -2.24. The average Bonchev–Trinajstić information content (AvgIpc) is 2.22. The van der Waals surface area contributed by atoms with Gasteiger partial charge in [0, 0.05) is 13.1 Å². The van der Waals surface area contributed by atoms with Crippen LogP contribution in [-0.2, 0) is 0 Å². The monoisotopic (exact) mass is 248 g/mol. The van der Waals surface area contributed by atoms with Gasteiger partial charge in [-0.3, -0.25) is 0 Å². The van der Waals surface area contributed by atoms with Crippen LogP contribution in [-0.4, -0.2) is 20.2 Å². The van der Waals surface area contributed by atoms with E-state index < -0.39 is 0 Å². The van der Waals surface area contributed by atoms with Gasteiger partial charge in [0.15, 0.2) is 0 Å². The highest BCUT2D eigenvalue weighted by Crippen LogP contribution is 2.33. The van der Waals surface area contributed by atoms with E-state index in [2.05, 4.69) is 10.6 Å². The molecule has 0 saturated carbocycles. The van der Waals surface area contributed by atoms with Crippen molar-refractivity contribution in [2.24, 2.45) is 0 Å². The van der Waals surface area contributed by atoms with Crippen LogP contribution < -0.4 is 15.4 Å². The van der Waals surface area contributed by atoms with Crippen molar-refractivity contribution in [2.75, 3.05) is 19.5 Å². The summed E-state index contributed by atoms with van der Waals surface area (Å²) in [5, 5.41) is 5.68. The first-order valence-electron chi connectivity index (χ1n) is 4.10. The predicted octanol–water partition coefficient (Wildman–Crippen LogP) is 2.75. The van der Waals surface area contributed by atoms with Crippen molar-refractivity contribution in [1.82, 2.24) is 5.32 Å². The van der Waals surface area contributed by atoms with Crippen molar-refractivity contribution in [2.45, 2.75) is 0 Å². The second kappa shape index (κ2) is 5.09. The second-order valence-corrected chi connectivity index (χ2v) is 3.49. The van der Waals surface area contributed by atoms with Crippen LogP contribution in [0.5, 0.6) is 5.75 Å². The van der Waals surface area contributed by atoms with Gasteiger partial charge in [-0.25, -0.2) is 4.79 Å². The number of rotatable bonds is 2. The summed E-state index contributed by atoms with van der Waals surface area (Å²) in [6, 6.07) is 2.70. The molecule has 0 heterocycles. The topological polar surface area (TPSA) is 50.4 Å². The Kier molecular flexibility index (Phi) is 4.05. The molecule has 0 aliphatic heterocycles. The molecule has 0 radical (unpaired) electrons. The highest BCUT2D eigenvalue weighted by Gasteiger charge is 2.09. The number of carbonyl (C=O) groups excluding carboxylic acids is 1. The van der Waals surface area contributed by atoms with E-state index in [0.717, 1.165) is 0 Å². The van der Waals surface area contributed by atoms with Crippen LogP contribution in [0, 0.1) is 0 Å². The Bertz CT molecular complexity index is 383. The van der Waals surface area contributed by atoms with Crippen molar-refractivity contribution in [3.8, 4) is 5.75 Å². The van der Waals surface area contributed by atoms with Gasteiger partial charge in [0.1, 0.15) is 5.75 Å². The van der Waals surface area contributed by atoms with Gasteiger partial charge < -0.3 is 15.4 Å². The molecule has 0 spiro atoms. The molecule has 0 aromatic heterocycles. The summed E-state index contributed by atoms with van der Waals surface area (Å²) < 4.78 is 4.97. The zero-order valence-electron chi connectivity index (χ0n) is 8.23. The molecule has 2 amide bonds. The third kappa shape index (κ3) is 2.91. The molecule has 0 fully saturated rings. The van der Waals surface area contributed by atoms with E-state index in [9.17, 15) is 4.79 Å². The SMILES string of the molecule is CNC(=O)Nc1cc(Cl)c(OC)cc1Cl. The first-order chi connectivity index (χ1) is 7.08. The molecule has 0 saturated heterocycles. The van der Waals surface area contributed by atoms with Crippen LogP contribution in [0.2, 0.25) is 10.0 Å². The van der Waals surface area contributed by atoms with Crippen LogP contribution in [0.1, 0.15) is 0 Å². The highest BCUT2D eigenvalue weighted by atomic mass is 35.5. The summed E-state index contributed by atoms with van der Waals surface area (Å²) in [5.74, 6) is 0.462. The van der Waals surface area contributed by atoms with Crippen molar-refractivity contribution in [3.05, 3.63) is 22.2 Å². The van der Waals surface area contributed by atoms with Gasteiger partial charge in [0.25, 0.3) is 0 Å². The number of methoxy groups -OCH3 is 1. The summed E-state index contributed by atoms with van der Waals surface area (Å²) in [7, 11) is 3.00. The van der Waals surface area contributed by atoms with Gasteiger partial charge in [-0.1, -0.05) is 23.2 Å². The number of anilines is 1. The first kappa shape index (κ1) is 11.9. The second-order valence-electron chi connectivity index (χ2n) is 2.67. The lowest BCUT2D eigenvalue weighted by molar-refractivity contribution is 0.254. The fourth-order valence-corrected chi connectivity index (χ4v) is 1.41. The Hall–Kier alpha value is -1.13. The van der Waals surface area contributed by atoms with Crippen LogP contribution in [0.3, 0.4) is 0 Å². The number of hydrogen-bond donors (Lipinski definition) is 2. The minimum absolute atomic E-state index is 0.361. The molecule has 82 valence electrons. The van der Waals surface area contributed by atoms with E-state index in [1.807, 2.05) is 0 Å². The molecule has 0 aliphatic rings. The van der Waals surface area contributed by atoms with Crippen molar-refractivity contribution < 1.29 is 9.53 Å². The maximum atomic E-state index is 11.0. The lowest BCUT2D eigenvalue weighted by atomic mass is 10.3. The number of carbonyl (C=O) groups is 1. The van der Waals surface area contributed by atoms with Crippen LogP contribution >= 0.6 is 23.2 Å². The van der Waals surface area contributed by atoms with Gasteiger partial charge in [0.2, 0.25) is 0 Å². The minimum Gasteiger partial charge on any atom is -0.495 e. The molecule has 6 heteroatoms. The molecule has 1 rings (SSSR count). The van der Waals surface area contributed by atoms with Gasteiger partial charge in [-0.15, -0.1) is 0 Å². The number of amides is 2. The Morgan fingerprint density at radius 3 is 2.53 bits per heavy atom. The average molecular weight is 249 g/mol. The fraction of sp³-hybridized carbons (Fsp3) is 0.222. The molecule has 15 heavy (non-hydrogen) atoms. The summed E-state index contributed by atoms with van der Waals surface area (Å²) in [4.78, 5) is 11.0. The molecular weight excluding hydrogens is 239 g/mol. The number of nitrogens with one attached hydrogen (secondary N) is 2. The number of halogens is 2. The quantitative estimate of drug-likeness (QED) is 0.846. The molecular formula is C9H10Cl2N2O2. The van der Waals surface area contributed by atoms with E-state index in [-0.39, 0.29) is 6.03 Å². The fourth-order valence-electron chi connectivity index (χ4n) is 0.966. The molecule has 0 atom stereocenters. The summed E-state index contributed by atoms with van der Waals surface area (Å²) in [5.41, 5.74) is 0.432. The summed E-state index contributed by atoms with van der Waals surface area (Å²) >= 11 is 11.8. The van der Waals surface area contributed by atoms with Crippen LogP contribution in [0.4, 0.5) is 10.5 Å². The largest absolute Gasteiger partial charge is 0.495 e. The van der Waals surface area contributed by atoms with E-state index in [1.54, 1.807) is 0 Å². The van der Waals surface area contributed by atoms with Gasteiger partial charge in [-0.05, 0) is 6.07 Å². The maximum absolute atomic E-state index is 11.0. The Labute approximate surface area is 97.5 Å². The number of benzene rings is 1. The smallest absolute Gasteiger partial charge is 0.319 e. The number of urea groups is 1. The summed E-state index contributed by atoms with van der Waals surface area (Å²) in [6.07, 6.45) is 0. The normalized spacial score (nSPS) is 9.60.